The quantitative estimate of drug-likeness (QED) is 0.825. The molecule has 1 unspecified atom stereocenters. The predicted octanol–water partition coefficient (Wildman–Crippen LogP) is 2.00. The molecule has 0 saturated heterocycles. The summed E-state index contributed by atoms with van der Waals surface area (Å²) in [5, 5.41) is 3.49. The molecule has 18 heavy (non-hydrogen) atoms. The molecular formula is C15H19NO2. The van der Waals surface area contributed by atoms with E-state index in [1.165, 1.54) is 25.5 Å². The monoisotopic (exact) mass is 245 g/mol. The van der Waals surface area contributed by atoms with Crippen LogP contribution in [0.1, 0.15) is 30.4 Å². The standard InChI is InChI=1S/C15H19NO2/c1-18-14(17)15(16-10-11-6-7-11)9-8-12-4-2-3-5-13(12)15/h2-5,11,16H,6-10H2,1H3. The van der Waals surface area contributed by atoms with E-state index in [1.807, 2.05) is 12.1 Å². The van der Waals surface area contributed by atoms with Crippen molar-refractivity contribution in [2.45, 2.75) is 31.2 Å². The smallest absolute Gasteiger partial charge is 0.330 e. The third-order valence-corrected chi connectivity index (χ3v) is 4.17. The molecular weight excluding hydrogens is 226 g/mol. The summed E-state index contributed by atoms with van der Waals surface area (Å²) < 4.78 is 5.05. The van der Waals surface area contributed by atoms with Crippen LogP contribution in [0.3, 0.4) is 0 Å². The second kappa shape index (κ2) is 4.39. The molecule has 1 fully saturated rings. The second-order valence-electron chi connectivity index (χ2n) is 5.38. The minimum Gasteiger partial charge on any atom is -0.467 e. The van der Waals surface area contributed by atoms with Gasteiger partial charge in [0.1, 0.15) is 5.54 Å². The number of fused-ring (bicyclic) bond motifs is 1. The fourth-order valence-corrected chi connectivity index (χ4v) is 2.89. The summed E-state index contributed by atoms with van der Waals surface area (Å²) in [7, 11) is 1.48. The van der Waals surface area contributed by atoms with Crippen LogP contribution >= 0.6 is 0 Å². The number of hydrogen-bond acceptors (Lipinski definition) is 3. The summed E-state index contributed by atoms with van der Waals surface area (Å²) in [5.41, 5.74) is 1.78. The normalized spacial score (nSPS) is 25.8. The van der Waals surface area contributed by atoms with Crippen molar-refractivity contribution in [3.8, 4) is 0 Å². The van der Waals surface area contributed by atoms with Gasteiger partial charge < -0.3 is 4.74 Å². The van der Waals surface area contributed by atoms with Crippen LogP contribution < -0.4 is 5.32 Å². The molecule has 3 rings (SSSR count). The van der Waals surface area contributed by atoms with Gasteiger partial charge in [0.15, 0.2) is 0 Å². The first-order valence-electron chi connectivity index (χ1n) is 6.68. The number of carbonyl (C=O) groups is 1. The molecule has 3 heteroatoms. The molecule has 0 amide bonds. The lowest BCUT2D eigenvalue weighted by Crippen LogP contribution is -2.49. The topological polar surface area (TPSA) is 38.3 Å². The Bertz CT molecular complexity index is 467. The average molecular weight is 245 g/mol. The minimum atomic E-state index is -0.603. The van der Waals surface area contributed by atoms with E-state index in [9.17, 15) is 4.79 Å². The van der Waals surface area contributed by atoms with Gasteiger partial charge in [-0.2, -0.15) is 0 Å². The van der Waals surface area contributed by atoms with Crippen LogP contribution in [0.15, 0.2) is 24.3 Å². The Labute approximate surface area is 108 Å². The van der Waals surface area contributed by atoms with Gasteiger partial charge in [0, 0.05) is 0 Å². The average Bonchev–Trinajstić information content (AvgIpc) is 3.17. The molecule has 0 spiro atoms. The van der Waals surface area contributed by atoms with Crippen molar-refractivity contribution in [1.82, 2.24) is 5.32 Å². The van der Waals surface area contributed by atoms with Crippen LogP contribution in [-0.4, -0.2) is 19.6 Å². The molecule has 2 aliphatic carbocycles. The highest BCUT2D eigenvalue weighted by Gasteiger charge is 2.46. The summed E-state index contributed by atoms with van der Waals surface area (Å²) in [5.74, 6) is 0.604. The molecule has 0 radical (unpaired) electrons. The van der Waals surface area contributed by atoms with Crippen LogP contribution in [-0.2, 0) is 21.5 Å². The van der Waals surface area contributed by atoms with E-state index in [2.05, 4.69) is 17.4 Å². The van der Waals surface area contributed by atoms with Gasteiger partial charge in [0.25, 0.3) is 0 Å². The Balaban J connectivity index is 1.92. The number of ether oxygens (including phenoxy) is 1. The third kappa shape index (κ3) is 1.83. The molecule has 1 aromatic rings. The SMILES string of the molecule is COC(=O)C1(NCC2CC2)CCc2ccccc21. The number of rotatable bonds is 4. The van der Waals surface area contributed by atoms with E-state index in [1.54, 1.807) is 0 Å². The largest absolute Gasteiger partial charge is 0.467 e. The highest BCUT2D eigenvalue weighted by Crippen LogP contribution is 2.39. The van der Waals surface area contributed by atoms with Gasteiger partial charge in [0.05, 0.1) is 7.11 Å². The number of benzene rings is 1. The maximum Gasteiger partial charge on any atom is 0.330 e. The molecule has 0 heterocycles. The highest BCUT2D eigenvalue weighted by atomic mass is 16.5. The van der Waals surface area contributed by atoms with E-state index in [0.717, 1.165) is 30.9 Å². The zero-order valence-electron chi connectivity index (χ0n) is 10.7. The first kappa shape index (κ1) is 11.7. The molecule has 3 nitrogen and oxygen atoms in total. The van der Waals surface area contributed by atoms with Crippen molar-refractivity contribution >= 4 is 5.97 Å². The number of methoxy groups -OCH3 is 1. The maximum atomic E-state index is 12.2. The number of aryl methyl sites for hydroxylation is 1. The van der Waals surface area contributed by atoms with E-state index in [-0.39, 0.29) is 5.97 Å². The molecule has 1 aromatic carbocycles. The van der Waals surface area contributed by atoms with Crippen molar-refractivity contribution < 1.29 is 9.53 Å². The molecule has 1 saturated carbocycles. The van der Waals surface area contributed by atoms with Crippen LogP contribution in [0, 0.1) is 5.92 Å². The summed E-state index contributed by atoms with van der Waals surface area (Å²) in [4.78, 5) is 12.2. The van der Waals surface area contributed by atoms with Crippen LogP contribution in [0.5, 0.6) is 0 Å². The summed E-state index contributed by atoms with van der Waals surface area (Å²) in [6.07, 6.45) is 4.33. The predicted molar refractivity (Wildman–Crippen MR) is 69.2 cm³/mol. The van der Waals surface area contributed by atoms with Gasteiger partial charge in [-0.1, -0.05) is 24.3 Å². The van der Waals surface area contributed by atoms with Crippen molar-refractivity contribution in [2.75, 3.05) is 13.7 Å². The van der Waals surface area contributed by atoms with Crippen LogP contribution in [0.4, 0.5) is 0 Å². The number of esters is 1. The summed E-state index contributed by atoms with van der Waals surface area (Å²) in [6.45, 7) is 0.920. The lowest BCUT2D eigenvalue weighted by molar-refractivity contribution is -0.149. The molecule has 0 aromatic heterocycles. The van der Waals surface area contributed by atoms with Crippen molar-refractivity contribution in [3.05, 3.63) is 35.4 Å². The van der Waals surface area contributed by atoms with Gasteiger partial charge in [-0.25, -0.2) is 4.79 Å². The first-order chi connectivity index (χ1) is 8.76. The van der Waals surface area contributed by atoms with Gasteiger partial charge in [-0.15, -0.1) is 0 Å². The Morgan fingerprint density at radius 2 is 2.22 bits per heavy atom. The van der Waals surface area contributed by atoms with Crippen molar-refractivity contribution in [2.24, 2.45) is 5.92 Å². The van der Waals surface area contributed by atoms with Gasteiger partial charge in [-0.05, 0) is 49.3 Å². The van der Waals surface area contributed by atoms with Crippen LogP contribution in [0.2, 0.25) is 0 Å². The fraction of sp³-hybridized carbons (Fsp3) is 0.533. The van der Waals surface area contributed by atoms with Gasteiger partial charge in [0.2, 0.25) is 0 Å². The Hall–Kier alpha value is -1.35. The molecule has 0 bridgehead atoms. The Morgan fingerprint density at radius 1 is 1.44 bits per heavy atom. The molecule has 1 atom stereocenters. The zero-order chi connectivity index (χ0) is 12.6. The number of carbonyl (C=O) groups excluding carboxylic acids is 1. The lowest BCUT2D eigenvalue weighted by atomic mass is 9.91. The summed E-state index contributed by atoms with van der Waals surface area (Å²) in [6, 6.07) is 8.20. The lowest BCUT2D eigenvalue weighted by Gasteiger charge is -2.29. The Kier molecular flexibility index (Phi) is 2.86. The minimum absolute atomic E-state index is 0.145. The first-order valence-corrected chi connectivity index (χ1v) is 6.68. The molecule has 96 valence electrons. The maximum absolute atomic E-state index is 12.2. The van der Waals surface area contributed by atoms with Gasteiger partial charge in [-0.3, -0.25) is 5.32 Å². The highest BCUT2D eigenvalue weighted by molar-refractivity contribution is 5.84. The summed E-state index contributed by atoms with van der Waals surface area (Å²) >= 11 is 0. The molecule has 0 aliphatic heterocycles. The second-order valence-corrected chi connectivity index (χ2v) is 5.38. The molecule has 2 aliphatic rings. The Morgan fingerprint density at radius 3 is 2.94 bits per heavy atom. The van der Waals surface area contributed by atoms with Gasteiger partial charge >= 0.3 is 5.97 Å². The number of nitrogens with one attached hydrogen (secondary N) is 1. The van der Waals surface area contributed by atoms with Crippen LogP contribution in [0.25, 0.3) is 0 Å². The zero-order valence-corrected chi connectivity index (χ0v) is 10.7. The number of hydrogen-bond donors (Lipinski definition) is 1. The third-order valence-electron chi connectivity index (χ3n) is 4.17. The van der Waals surface area contributed by atoms with E-state index >= 15 is 0 Å². The fourth-order valence-electron chi connectivity index (χ4n) is 2.89. The van der Waals surface area contributed by atoms with Crippen molar-refractivity contribution in [3.63, 3.8) is 0 Å². The molecule has 1 N–H and O–H groups in total. The van der Waals surface area contributed by atoms with E-state index in [4.69, 9.17) is 4.74 Å². The van der Waals surface area contributed by atoms with E-state index < -0.39 is 5.54 Å². The van der Waals surface area contributed by atoms with Crippen molar-refractivity contribution in [1.29, 1.82) is 0 Å². The van der Waals surface area contributed by atoms with E-state index in [0.29, 0.717) is 0 Å².